The number of carboxylic acid groups (broad SMARTS) is 1. The van der Waals surface area contributed by atoms with Gasteiger partial charge in [-0.3, -0.25) is 10.1 Å². The van der Waals surface area contributed by atoms with Gasteiger partial charge in [-0.05, 0) is 12.1 Å². The average molecular weight is 366 g/mol. The van der Waals surface area contributed by atoms with Crippen LogP contribution in [-0.2, 0) is 23.8 Å². The zero-order chi connectivity index (χ0) is 19.4. The van der Waals surface area contributed by atoms with E-state index in [-0.39, 0.29) is 35.9 Å². The molecule has 1 heterocycles. The van der Waals surface area contributed by atoms with Gasteiger partial charge in [-0.15, -0.1) is 0 Å². The molecule has 1 aliphatic rings. The van der Waals surface area contributed by atoms with E-state index in [1.165, 1.54) is 0 Å². The number of benzene rings is 1. The van der Waals surface area contributed by atoms with Crippen molar-refractivity contribution in [2.45, 2.75) is 0 Å². The Hall–Kier alpha value is -3.47. The maximum Gasteiger partial charge on any atom is 0.355 e. The fourth-order valence-electron chi connectivity index (χ4n) is 2.36. The number of esters is 2. The van der Waals surface area contributed by atoms with E-state index in [1.807, 2.05) is 0 Å². The van der Waals surface area contributed by atoms with Crippen LogP contribution in [0.3, 0.4) is 0 Å². The summed E-state index contributed by atoms with van der Waals surface area (Å²) in [5.74, 6) is -3.14. The van der Waals surface area contributed by atoms with Crippen molar-refractivity contribution >= 4 is 29.3 Å². The Kier molecular flexibility index (Phi) is 5.52. The van der Waals surface area contributed by atoms with Crippen molar-refractivity contribution in [1.82, 2.24) is 0 Å². The van der Waals surface area contributed by atoms with Crippen LogP contribution >= 0.6 is 0 Å². The molecule has 11 nitrogen and oxygen atoms in total. The number of nitrogens with zero attached hydrogens (tertiary/aromatic N) is 2. The highest BCUT2D eigenvalue weighted by molar-refractivity contribution is 6.04. The van der Waals surface area contributed by atoms with Gasteiger partial charge in [0.15, 0.2) is 0 Å². The molecule has 1 aliphatic heterocycles. The zero-order valence-electron chi connectivity index (χ0n) is 13.8. The van der Waals surface area contributed by atoms with E-state index in [0.717, 1.165) is 37.3 Å². The van der Waals surface area contributed by atoms with Crippen LogP contribution in [0.5, 0.6) is 0 Å². The van der Waals surface area contributed by atoms with Crippen LogP contribution < -0.4 is 4.90 Å². The number of hydrogen-bond donors (Lipinski definition) is 1. The number of nitro groups is 1. The summed E-state index contributed by atoms with van der Waals surface area (Å²) in [7, 11) is 2.19. The number of ether oxygens (including phenoxy) is 3. The third kappa shape index (κ3) is 3.47. The minimum absolute atomic E-state index is 0.137. The Morgan fingerprint density at radius 3 is 2.42 bits per heavy atom. The molecule has 0 spiro atoms. The summed E-state index contributed by atoms with van der Waals surface area (Å²) in [4.78, 5) is 46.8. The minimum Gasteiger partial charge on any atom is -0.478 e. The highest BCUT2D eigenvalue weighted by Gasteiger charge is 2.35. The zero-order valence-corrected chi connectivity index (χ0v) is 13.8. The molecule has 0 aromatic heterocycles. The van der Waals surface area contributed by atoms with E-state index in [4.69, 9.17) is 9.84 Å². The van der Waals surface area contributed by atoms with E-state index in [0.29, 0.717) is 0 Å². The van der Waals surface area contributed by atoms with Crippen LogP contribution in [0.25, 0.3) is 0 Å². The first-order valence-electron chi connectivity index (χ1n) is 7.08. The number of hydrogen-bond acceptors (Lipinski definition) is 9. The maximum absolute atomic E-state index is 12.2. The molecular formula is C15H14N2O9. The number of anilines is 1. The molecule has 0 amide bonds. The molecule has 0 saturated heterocycles. The number of nitro benzene ring substituents is 1. The minimum atomic E-state index is -1.35. The summed E-state index contributed by atoms with van der Waals surface area (Å²) in [5, 5.41) is 20.4. The molecule has 0 radical (unpaired) electrons. The second-order valence-electron chi connectivity index (χ2n) is 4.98. The Morgan fingerprint density at radius 2 is 1.88 bits per heavy atom. The summed E-state index contributed by atoms with van der Waals surface area (Å²) in [6.45, 7) is -0.549. The third-order valence-electron chi connectivity index (χ3n) is 3.54. The van der Waals surface area contributed by atoms with E-state index in [2.05, 4.69) is 9.47 Å². The third-order valence-corrected chi connectivity index (χ3v) is 3.54. The second kappa shape index (κ2) is 7.61. The molecule has 0 unspecified atom stereocenters. The molecule has 1 aromatic rings. The van der Waals surface area contributed by atoms with Gasteiger partial charge in [0.2, 0.25) is 0 Å². The number of carboxylic acids is 1. The fourth-order valence-corrected chi connectivity index (χ4v) is 2.36. The SMILES string of the molecule is COC(=O)C1=C(C(=O)OC)N(c2ccc(C(=O)O)cc2[N+](=O)[O-])COC1. The Labute approximate surface area is 146 Å². The van der Waals surface area contributed by atoms with E-state index in [1.54, 1.807) is 0 Å². The molecule has 138 valence electrons. The highest BCUT2D eigenvalue weighted by atomic mass is 16.6. The molecule has 0 atom stereocenters. The number of aromatic carboxylic acids is 1. The first-order valence-corrected chi connectivity index (χ1v) is 7.08. The van der Waals surface area contributed by atoms with E-state index < -0.39 is 28.5 Å². The monoisotopic (exact) mass is 366 g/mol. The van der Waals surface area contributed by atoms with Gasteiger partial charge >= 0.3 is 17.9 Å². The van der Waals surface area contributed by atoms with Crippen molar-refractivity contribution in [1.29, 1.82) is 0 Å². The lowest BCUT2D eigenvalue weighted by Crippen LogP contribution is -2.39. The first kappa shape index (κ1) is 18.9. The van der Waals surface area contributed by atoms with E-state index >= 15 is 0 Å². The number of carbonyl (C=O) groups excluding carboxylic acids is 2. The highest BCUT2D eigenvalue weighted by Crippen LogP contribution is 2.34. The van der Waals surface area contributed by atoms with Gasteiger partial charge in [-0.1, -0.05) is 0 Å². The lowest BCUT2D eigenvalue weighted by molar-refractivity contribution is -0.384. The van der Waals surface area contributed by atoms with Crippen LogP contribution in [-0.4, -0.2) is 55.5 Å². The molecule has 26 heavy (non-hydrogen) atoms. The van der Waals surface area contributed by atoms with Gasteiger partial charge in [0.1, 0.15) is 18.1 Å². The second-order valence-corrected chi connectivity index (χ2v) is 4.98. The quantitative estimate of drug-likeness (QED) is 0.448. The molecule has 0 saturated carbocycles. The molecule has 0 bridgehead atoms. The normalized spacial score (nSPS) is 14.0. The predicted molar refractivity (Wildman–Crippen MR) is 84.4 cm³/mol. The molecule has 0 aliphatic carbocycles. The van der Waals surface area contributed by atoms with Crippen LogP contribution in [0.1, 0.15) is 10.4 Å². The van der Waals surface area contributed by atoms with Crippen molar-refractivity contribution in [3.05, 3.63) is 45.1 Å². The average Bonchev–Trinajstić information content (AvgIpc) is 2.65. The molecule has 1 aromatic carbocycles. The maximum atomic E-state index is 12.2. The summed E-state index contributed by atoms with van der Waals surface area (Å²) in [5.41, 5.74) is -1.49. The van der Waals surface area contributed by atoms with Gasteiger partial charge in [0, 0.05) is 6.07 Å². The fraction of sp³-hybridized carbons (Fsp3) is 0.267. The summed E-state index contributed by atoms with van der Waals surface area (Å²) >= 11 is 0. The van der Waals surface area contributed by atoms with Gasteiger partial charge in [-0.25, -0.2) is 14.4 Å². The Balaban J connectivity index is 2.68. The summed E-state index contributed by atoms with van der Waals surface area (Å²) in [6.07, 6.45) is 0. The Bertz CT molecular complexity index is 815. The first-order chi connectivity index (χ1) is 12.3. The lowest BCUT2D eigenvalue weighted by atomic mass is 10.1. The van der Waals surface area contributed by atoms with Crippen molar-refractivity contribution in [3.8, 4) is 0 Å². The number of methoxy groups -OCH3 is 2. The molecule has 2 rings (SSSR count). The summed E-state index contributed by atoms with van der Waals surface area (Å²) < 4.78 is 14.5. The molecular weight excluding hydrogens is 352 g/mol. The predicted octanol–water partition coefficient (Wildman–Crippen LogP) is 0.687. The number of carbonyl (C=O) groups is 3. The smallest absolute Gasteiger partial charge is 0.355 e. The Morgan fingerprint density at radius 1 is 1.23 bits per heavy atom. The van der Waals surface area contributed by atoms with Crippen molar-refractivity contribution in [3.63, 3.8) is 0 Å². The van der Waals surface area contributed by atoms with E-state index in [9.17, 15) is 24.5 Å². The van der Waals surface area contributed by atoms with Crippen LogP contribution in [0.2, 0.25) is 0 Å². The topological polar surface area (TPSA) is 146 Å². The van der Waals surface area contributed by atoms with Crippen molar-refractivity contribution in [2.75, 3.05) is 32.5 Å². The van der Waals surface area contributed by atoms with Crippen molar-refractivity contribution in [2.24, 2.45) is 0 Å². The molecule has 1 N–H and O–H groups in total. The molecule has 0 fully saturated rings. The van der Waals surface area contributed by atoms with Crippen LogP contribution in [0.4, 0.5) is 11.4 Å². The van der Waals surface area contributed by atoms with Gasteiger partial charge in [0.05, 0.1) is 36.9 Å². The standard InChI is InChI=1S/C15H14N2O9/c1-24-14(20)9-6-26-7-16(12(9)15(21)25-2)10-4-3-8(13(18)19)5-11(10)17(22)23/h3-5H,6-7H2,1-2H3,(H,18,19). The lowest BCUT2D eigenvalue weighted by Gasteiger charge is -2.30. The van der Waals surface area contributed by atoms with Crippen molar-refractivity contribution < 1.29 is 38.6 Å². The summed E-state index contributed by atoms with van der Waals surface area (Å²) in [6, 6.07) is 3.12. The largest absolute Gasteiger partial charge is 0.478 e. The number of rotatable bonds is 5. The van der Waals surface area contributed by atoms with Gasteiger partial charge in [0.25, 0.3) is 5.69 Å². The van der Waals surface area contributed by atoms with Crippen LogP contribution in [0.15, 0.2) is 29.5 Å². The molecule has 11 heteroatoms. The van der Waals surface area contributed by atoms with Crippen LogP contribution in [0, 0.1) is 10.1 Å². The van der Waals surface area contributed by atoms with Gasteiger partial charge < -0.3 is 24.2 Å². The van der Waals surface area contributed by atoms with Gasteiger partial charge in [-0.2, -0.15) is 0 Å².